The van der Waals surface area contributed by atoms with Crippen molar-refractivity contribution in [2.75, 3.05) is 6.54 Å². The first-order chi connectivity index (χ1) is 15.8. The number of halogens is 1. The Balaban J connectivity index is 1.46. The molecule has 2 heterocycles. The molecular formula is C24H27FN4O3S. The van der Waals surface area contributed by atoms with E-state index >= 15 is 0 Å². The normalized spacial score (nSPS) is 17.1. The van der Waals surface area contributed by atoms with E-state index in [4.69, 9.17) is 0 Å². The van der Waals surface area contributed by atoms with Gasteiger partial charge in [-0.25, -0.2) is 17.8 Å². The summed E-state index contributed by atoms with van der Waals surface area (Å²) in [6, 6.07) is 10.7. The van der Waals surface area contributed by atoms with E-state index < -0.39 is 21.7 Å². The minimum Gasteiger partial charge on any atom is -0.348 e. The van der Waals surface area contributed by atoms with Gasteiger partial charge in [0.05, 0.1) is 10.6 Å². The van der Waals surface area contributed by atoms with E-state index in [0.29, 0.717) is 23.6 Å². The molecule has 1 N–H and O–H groups in total. The summed E-state index contributed by atoms with van der Waals surface area (Å²) in [5.74, 6) is -0.177. The van der Waals surface area contributed by atoms with Crippen molar-refractivity contribution in [3.63, 3.8) is 0 Å². The molecule has 0 saturated carbocycles. The van der Waals surface area contributed by atoms with Crippen molar-refractivity contribution in [2.24, 2.45) is 0 Å². The number of nitrogens with one attached hydrogen (secondary N) is 1. The van der Waals surface area contributed by atoms with Crippen LogP contribution in [0.15, 0.2) is 59.8 Å². The maximum Gasteiger partial charge on any atom is 0.251 e. The summed E-state index contributed by atoms with van der Waals surface area (Å²) in [6.07, 6.45) is 5.96. The second-order valence-corrected chi connectivity index (χ2v) is 10.2. The van der Waals surface area contributed by atoms with Crippen LogP contribution in [0.3, 0.4) is 0 Å². The first-order valence-corrected chi connectivity index (χ1v) is 12.4. The predicted octanol–water partition coefficient (Wildman–Crippen LogP) is 3.81. The Morgan fingerprint density at radius 3 is 2.73 bits per heavy atom. The van der Waals surface area contributed by atoms with Gasteiger partial charge in [-0.1, -0.05) is 18.6 Å². The number of carbonyl (C=O) groups is 1. The summed E-state index contributed by atoms with van der Waals surface area (Å²) < 4.78 is 43.9. The van der Waals surface area contributed by atoms with E-state index in [1.165, 1.54) is 22.5 Å². The van der Waals surface area contributed by atoms with Crippen LogP contribution in [-0.2, 0) is 16.6 Å². The maximum absolute atomic E-state index is 14.6. The third-order valence-corrected chi connectivity index (χ3v) is 8.00. The smallest absolute Gasteiger partial charge is 0.251 e. The van der Waals surface area contributed by atoms with E-state index in [0.717, 1.165) is 19.3 Å². The third-order valence-electron chi connectivity index (χ3n) is 6.00. The van der Waals surface area contributed by atoms with Crippen LogP contribution in [-0.4, -0.2) is 40.8 Å². The molecular weight excluding hydrogens is 443 g/mol. The predicted molar refractivity (Wildman–Crippen MR) is 123 cm³/mol. The third kappa shape index (κ3) is 4.84. The molecule has 0 bridgehead atoms. The SMILES string of the molecule is Cc1nccn1-c1ccc(CNC(=O)c2cccc(S(=O)(=O)N3CCCCC3C)c2)cc1F. The first-order valence-electron chi connectivity index (χ1n) is 11.0. The molecule has 0 spiro atoms. The van der Waals surface area contributed by atoms with Crippen LogP contribution in [0.4, 0.5) is 4.39 Å². The summed E-state index contributed by atoms with van der Waals surface area (Å²) in [7, 11) is -3.67. The number of aromatic nitrogens is 2. The molecule has 1 unspecified atom stereocenters. The number of amides is 1. The Labute approximate surface area is 193 Å². The van der Waals surface area contributed by atoms with Crippen LogP contribution >= 0.6 is 0 Å². The number of hydrogen-bond donors (Lipinski definition) is 1. The Morgan fingerprint density at radius 2 is 2.03 bits per heavy atom. The number of piperidine rings is 1. The zero-order chi connectivity index (χ0) is 23.6. The second-order valence-electron chi connectivity index (χ2n) is 8.30. The Kier molecular flexibility index (Phi) is 6.62. The summed E-state index contributed by atoms with van der Waals surface area (Å²) in [5.41, 5.74) is 1.21. The highest BCUT2D eigenvalue weighted by Crippen LogP contribution is 2.25. The lowest BCUT2D eigenvalue weighted by Gasteiger charge is -2.32. The van der Waals surface area contributed by atoms with Crippen molar-refractivity contribution in [2.45, 2.75) is 50.6 Å². The molecule has 1 saturated heterocycles. The van der Waals surface area contributed by atoms with Gasteiger partial charge in [0, 0.05) is 37.1 Å². The van der Waals surface area contributed by atoms with E-state index in [2.05, 4.69) is 10.3 Å². The molecule has 0 aliphatic carbocycles. The van der Waals surface area contributed by atoms with Crippen molar-refractivity contribution in [3.05, 3.63) is 77.6 Å². The van der Waals surface area contributed by atoms with Gasteiger partial charge in [0.2, 0.25) is 10.0 Å². The van der Waals surface area contributed by atoms with Gasteiger partial charge in [-0.05, 0) is 62.6 Å². The Morgan fingerprint density at radius 1 is 1.21 bits per heavy atom. The molecule has 0 radical (unpaired) electrons. The summed E-state index contributed by atoms with van der Waals surface area (Å²) in [6.45, 7) is 4.29. The lowest BCUT2D eigenvalue weighted by Crippen LogP contribution is -2.42. The number of sulfonamides is 1. The van der Waals surface area contributed by atoms with Crippen LogP contribution in [0.25, 0.3) is 5.69 Å². The molecule has 1 amide bonds. The van der Waals surface area contributed by atoms with E-state index in [9.17, 15) is 17.6 Å². The van der Waals surface area contributed by atoms with Crippen LogP contribution < -0.4 is 5.32 Å². The van der Waals surface area contributed by atoms with Gasteiger partial charge in [-0.2, -0.15) is 4.31 Å². The van der Waals surface area contributed by atoms with E-state index in [1.807, 2.05) is 6.92 Å². The van der Waals surface area contributed by atoms with Gasteiger partial charge in [0.1, 0.15) is 11.6 Å². The lowest BCUT2D eigenvalue weighted by atomic mass is 10.1. The van der Waals surface area contributed by atoms with Crippen LogP contribution in [0, 0.1) is 12.7 Å². The number of rotatable bonds is 6. The van der Waals surface area contributed by atoms with Gasteiger partial charge in [0.25, 0.3) is 5.91 Å². The van der Waals surface area contributed by atoms with Gasteiger partial charge in [0.15, 0.2) is 0 Å². The molecule has 1 atom stereocenters. The van der Waals surface area contributed by atoms with Crippen molar-refractivity contribution in [1.82, 2.24) is 19.2 Å². The fourth-order valence-corrected chi connectivity index (χ4v) is 5.88. The fourth-order valence-electron chi connectivity index (χ4n) is 4.13. The van der Waals surface area contributed by atoms with Crippen LogP contribution in [0.5, 0.6) is 0 Å². The van der Waals surface area contributed by atoms with Gasteiger partial charge in [-0.3, -0.25) is 4.79 Å². The molecule has 1 fully saturated rings. The van der Waals surface area contributed by atoms with Crippen molar-refractivity contribution >= 4 is 15.9 Å². The second kappa shape index (κ2) is 9.44. The standard InChI is InChI=1S/C24H27FN4O3S/c1-17-6-3-4-12-29(17)33(31,32)21-8-5-7-20(15-21)24(30)27-16-19-9-10-23(22(25)14-19)28-13-11-26-18(28)2/h5,7-11,13-15,17H,3-4,6,12,16H2,1-2H3,(H,27,30). The number of aryl methyl sites for hydroxylation is 1. The van der Waals surface area contributed by atoms with Gasteiger partial charge >= 0.3 is 0 Å². The molecule has 1 aliphatic rings. The zero-order valence-electron chi connectivity index (χ0n) is 18.7. The monoisotopic (exact) mass is 470 g/mol. The highest BCUT2D eigenvalue weighted by molar-refractivity contribution is 7.89. The highest BCUT2D eigenvalue weighted by Gasteiger charge is 2.31. The summed E-state index contributed by atoms with van der Waals surface area (Å²) in [5, 5.41) is 2.74. The average molecular weight is 471 g/mol. The topological polar surface area (TPSA) is 84.3 Å². The van der Waals surface area contributed by atoms with Crippen molar-refractivity contribution in [3.8, 4) is 5.69 Å². The quantitative estimate of drug-likeness (QED) is 0.594. The Hall–Kier alpha value is -3.04. The molecule has 174 valence electrons. The largest absolute Gasteiger partial charge is 0.348 e. The molecule has 1 aliphatic heterocycles. The molecule has 2 aromatic carbocycles. The van der Waals surface area contributed by atoms with E-state index in [-0.39, 0.29) is 23.0 Å². The minimum absolute atomic E-state index is 0.0646. The number of carbonyl (C=O) groups excluding carboxylic acids is 1. The number of imidazole rings is 1. The van der Waals surface area contributed by atoms with Crippen LogP contribution in [0.1, 0.15) is 47.9 Å². The van der Waals surface area contributed by atoms with Crippen LogP contribution in [0.2, 0.25) is 0 Å². The summed E-state index contributed by atoms with van der Waals surface area (Å²) >= 11 is 0. The molecule has 33 heavy (non-hydrogen) atoms. The maximum atomic E-state index is 14.6. The fraction of sp³-hybridized carbons (Fsp3) is 0.333. The average Bonchev–Trinajstić information content (AvgIpc) is 3.23. The summed E-state index contributed by atoms with van der Waals surface area (Å²) in [4.78, 5) is 16.9. The molecule has 3 aromatic rings. The number of benzene rings is 2. The molecule has 7 nitrogen and oxygen atoms in total. The van der Waals surface area contributed by atoms with E-state index in [1.54, 1.807) is 48.1 Å². The lowest BCUT2D eigenvalue weighted by molar-refractivity contribution is 0.0950. The van der Waals surface area contributed by atoms with Gasteiger partial charge in [-0.15, -0.1) is 0 Å². The number of hydrogen-bond acceptors (Lipinski definition) is 4. The zero-order valence-corrected chi connectivity index (χ0v) is 19.5. The minimum atomic E-state index is -3.67. The van der Waals surface area contributed by atoms with Gasteiger partial charge < -0.3 is 9.88 Å². The number of nitrogens with zero attached hydrogens (tertiary/aromatic N) is 3. The Bertz CT molecular complexity index is 1270. The van der Waals surface area contributed by atoms with Crippen molar-refractivity contribution < 1.29 is 17.6 Å². The molecule has 4 rings (SSSR count). The van der Waals surface area contributed by atoms with Crippen molar-refractivity contribution in [1.29, 1.82) is 0 Å². The highest BCUT2D eigenvalue weighted by atomic mass is 32.2. The molecule has 9 heteroatoms. The first kappa shape index (κ1) is 23.1. The molecule has 1 aromatic heterocycles.